The Balaban J connectivity index is 2.23. The van der Waals surface area contributed by atoms with Gasteiger partial charge in [0.25, 0.3) is 5.91 Å². The third-order valence-electron chi connectivity index (χ3n) is 3.96. The molecule has 110 valence electrons. The molecule has 0 atom stereocenters. The maximum Gasteiger partial charge on any atom is 0.252 e. The van der Waals surface area contributed by atoms with Crippen molar-refractivity contribution >= 4 is 17.3 Å². The molecule has 1 aliphatic rings. The summed E-state index contributed by atoms with van der Waals surface area (Å²) in [6.07, 6.45) is 0. The highest BCUT2D eigenvalue weighted by Crippen LogP contribution is 2.34. The van der Waals surface area contributed by atoms with Crippen molar-refractivity contribution in [2.75, 3.05) is 36.4 Å². The highest BCUT2D eigenvalue weighted by Gasteiger charge is 2.38. The number of benzene rings is 1. The normalized spacial score (nSPS) is 17.1. The summed E-state index contributed by atoms with van der Waals surface area (Å²) < 4.78 is 0. The second kappa shape index (κ2) is 5.83. The first kappa shape index (κ1) is 14.9. The lowest BCUT2D eigenvalue weighted by atomic mass is 9.98. The summed E-state index contributed by atoms with van der Waals surface area (Å²) in [5.41, 5.74) is 1.48. The van der Waals surface area contributed by atoms with E-state index in [9.17, 15) is 4.79 Å². The molecule has 0 bridgehead atoms. The van der Waals surface area contributed by atoms with Crippen molar-refractivity contribution < 1.29 is 4.79 Å². The quantitative estimate of drug-likeness (QED) is 0.897. The molecule has 0 saturated carbocycles. The predicted molar refractivity (Wildman–Crippen MR) is 84.3 cm³/mol. The van der Waals surface area contributed by atoms with E-state index in [-0.39, 0.29) is 5.91 Å². The summed E-state index contributed by atoms with van der Waals surface area (Å²) in [5, 5.41) is 3.33. The average molecular weight is 275 g/mol. The van der Waals surface area contributed by atoms with Crippen molar-refractivity contribution in [2.45, 2.75) is 33.2 Å². The van der Waals surface area contributed by atoms with Crippen LogP contribution in [0.3, 0.4) is 0 Å². The van der Waals surface area contributed by atoms with Gasteiger partial charge in [0.2, 0.25) is 0 Å². The van der Waals surface area contributed by atoms with Crippen molar-refractivity contribution in [3.8, 4) is 0 Å². The Morgan fingerprint density at radius 2 is 1.85 bits per heavy atom. The molecule has 0 saturated heterocycles. The third-order valence-corrected chi connectivity index (χ3v) is 3.96. The molecule has 1 aliphatic heterocycles. The van der Waals surface area contributed by atoms with Crippen molar-refractivity contribution in [2.24, 2.45) is 0 Å². The number of carbonyl (C=O) groups excluding carboxylic acids is 1. The van der Waals surface area contributed by atoms with Crippen molar-refractivity contribution in [1.82, 2.24) is 4.90 Å². The summed E-state index contributed by atoms with van der Waals surface area (Å²) in [4.78, 5) is 16.9. The van der Waals surface area contributed by atoms with Crippen LogP contribution in [0, 0.1) is 0 Å². The summed E-state index contributed by atoms with van der Waals surface area (Å²) in [7, 11) is 0. The van der Waals surface area contributed by atoms with Crippen LogP contribution in [-0.4, -0.2) is 42.5 Å². The van der Waals surface area contributed by atoms with Crippen molar-refractivity contribution in [3.05, 3.63) is 24.3 Å². The Labute approximate surface area is 121 Å². The third kappa shape index (κ3) is 2.80. The summed E-state index contributed by atoms with van der Waals surface area (Å²) in [6, 6.07) is 8.03. The van der Waals surface area contributed by atoms with Gasteiger partial charge in [0.05, 0.1) is 11.4 Å². The Hall–Kier alpha value is -1.55. The van der Waals surface area contributed by atoms with Crippen LogP contribution in [0.2, 0.25) is 0 Å². The molecule has 20 heavy (non-hydrogen) atoms. The SMILES string of the molecule is CCN(CC)CCN1C(=O)C(C)(C)Nc2ccccc21. The molecular weight excluding hydrogens is 250 g/mol. The molecule has 0 radical (unpaired) electrons. The number of amides is 1. The van der Waals surface area contributed by atoms with Gasteiger partial charge in [-0.05, 0) is 39.1 Å². The number of hydrogen-bond donors (Lipinski definition) is 1. The number of fused-ring (bicyclic) bond motifs is 1. The molecule has 1 aromatic carbocycles. The monoisotopic (exact) mass is 275 g/mol. The van der Waals surface area contributed by atoms with E-state index in [0.29, 0.717) is 0 Å². The van der Waals surface area contributed by atoms with Crippen LogP contribution in [0.4, 0.5) is 11.4 Å². The fourth-order valence-corrected chi connectivity index (χ4v) is 2.65. The zero-order valence-electron chi connectivity index (χ0n) is 12.9. The number of rotatable bonds is 5. The molecule has 0 unspecified atom stereocenters. The smallest absolute Gasteiger partial charge is 0.252 e. The van der Waals surface area contributed by atoms with Gasteiger partial charge in [-0.15, -0.1) is 0 Å². The molecule has 0 spiro atoms. The number of likely N-dealkylation sites (N-methyl/N-ethyl adjacent to an activating group) is 1. The number of nitrogens with one attached hydrogen (secondary N) is 1. The Kier molecular flexibility index (Phi) is 4.33. The van der Waals surface area contributed by atoms with Gasteiger partial charge in [-0.2, -0.15) is 0 Å². The molecule has 0 aromatic heterocycles. The van der Waals surface area contributed by atoms with Crippen LogP contribution < -0.4 is 10.2 Å². The summed E-state index contributed by atoms with van der Waals surface area (Å²) in [6.45, 7) is 11.9. The minimum absolute atomic E-state index is 0.142. The molecule has 0 fully saturated rings. The van der Waals surface area contributed by atoms with Gasteiger partial charge < -0.3 is 15.1 Å². The number of anilines is 2. The van der Waals surface area contributed by atoms with Crippen molar-refractivity contribution in [3.63, 3.8) is 0 Å². The van der Waals surface area contributed by atoms with Crippen LogP contribution in [0.5, 0.6) is 0 Å². The fourth-order valence-electron chi connectivity index (χ4n) is 2.65. The first-order valence-corrected chi connectivity index (χ1v) is 7.41. The Morgan fingerprint density at radius 3 is 2.50 bits per heavy atom. The topological polar surface area (TPSA) is 35.6 Å². The van der Waals surface area contributed by atoms with Crippen LogP contribution in [-0.2, 0) is 4.79 Å². The lowest BCUT2D eigenvalue weighted by Gasteiger charge is -2.40. The second-order valence-electron chi connectivity index (χ2n) is 5.75. The van der Waals surface area contributed by atoms with Gasteiger partial charge in [-0.25, -0.2) is 0 Å². The van der Waals surface area contributed by atoms with Crippen molar-refractivity contribution in [1.29, 1.82) is 0 Å². The Bertz CT molecular complexity index is 480. The van der Waals surface area contributed by atoms with Gasteiger partial charge >= 0.3 is 0 Å². The standard InChI is InChI=1S/C16H25N3O/c1-5-18(6-2)11-12-19-14-10-8-7-9-13(14)17-16(3,4)15(19)20/h7-10,17H,5-6,11-12H2,1-4H3. The van der Waals surface area contributed by atoms with E-state index in [1.807, 2.05) is 43.0 Å². The van der Waals surface area contributed by atoms with E-state index in [1.54, 1.807) is 0 Å². The Morgan fingerprint density at radius 1 is 1.20 bits per heavy atom. The molecule has 1 heterocycles. The van der Waals surface area contributed by atoms with Crippen LogP contribution in [0.1, 0.15) is 27.7 Å². The van der Waals surface area contributed by atoms with Gasteiger partial charge in [-0.1, -0.05) is 26.0 Å². The first-order chi connectivity index (χ1) is 9.49. The minimum atomic E-state index is -0.544. The van der Waals surface area contributed by atoms with E-state index >= 15 is 0 Å². The number of nitrogens with zero attached hydrogens (tertiary/aromatic N) is 2. The summed E-state index contributed by atoms with van der Waals surface area (Å²) in [5.74, 6) is 0.142. The molecular formula is C16H25N3O. The zero-order valence-corrected chi connectivity index (χ0v) is 12.9. The highest BCUT2D eigenvalue weighted by atomic mass is 16.2. The lowest BCUT2D eigenvalue weighted by Crippen LogP contribution is -2.55. The van der Waals surface area contributed by atoms with Crippen LogP contribution >= 0.6 is 0 Å². The second-order valence-corrected chi connectivity index (χ2v) is 5.75. The van der Waals surface area contributed by atoms with E-state index in [4.69, 9.17) is 0 Å². The predicted octanol–water partition coefficient (Wildman–Crippen LogP) is 2.57. The van der Waals surface area contributed by atoms with Gasteiger partial charge in [0.15, 0.2) is 0 Å². The minimum Gasteiger partial charge on any atom is -0.370 e. The number of carbonyl (C=O) groups is 1. The van der Waals surface area contributed by atoms with E-state index in [1.165, 1.54) is 0 Å². The van der Waals surface area contributed by atoms with Crippen LogP contribution in [0.25, 0.3) is 0 Å². The number of para-hydroxylation sites is 2. The zero-order chi connectivity index (χ0) is 14.8. The van der Waals surface area contributed by atoms with E-state index < -0.39 is 5.54 Å². The molecule has 4 nitrogen and oxygen atoms in total. The molecule has 4 heteroatoms. The largest absolute Gasteiger partial charge is 0.370 e. The maximum atomic E-state index is 12.6. The molecule has 0 aliphatic carbocycles. The first-order valence-electron chi connectivity index (χ1n) is 7.41. The average Bonchev–Trinajstić information content (AvgIpc) is 2.43. The molecule has 1 amide bonds. The number of hydrogen-bond acceptors (Lipinski definition) is 3. The molecule has 1 aromatic rings. The van der Waals surface area contributed by atoms with Gasteiger partial charge in [0, 0.05) is 13.1 Å². The van der Waals surface area contributed by atoms with E-state index in [2.05, 4.69) is 24.1 Å². The maximum absolute atomic E-state index is 12.6. The highest BCUT2D eigenvalue weighted by molar-refractivity contribution is 6.07. The fraction of sp³-hybridized carbons (Fsp3) is 0.562. The lowest BCUT2D eigenvalue weighted by molar-refractivity contribution is -0.122. The van der Waals surface area contributed by atoms with Crippen LogP contribution in [0.15, 0.2) is 24.3 Å². The van der Waals surface area contributed by atoms with Gasteiger partial charge in [-0.3, -0.25) is 4.79 Å². The van der Waals surface area contributed by atoms with E-state index in [0.717, 1.165) is 37.6 Å². The molecule has 1 N–H and O–H groups in total. The molecule has 2 rings (SSSR count). The van der Waals surface area contributed by atoms with Gasteiger partial charge in [0.1, 0.15) is 5.54 Å². The summed E-state index contributed by atoms with van der Waals surface area (Å²) >= 11 is 0.